The smallest absolute Gasteiger partial charge is 0.0644 e. The van der Waals surface area contributed by atoms with Crippen LogP contribution >= 0.6 is 0 Å². The lowest BCUT2D eigenvalue weighted by molar-refractivity contribution is 0.0140. The zero-order chi connectivity index (χ0) is 8.32. The summed E-state index contributed by atoms with van der Waals surface area (Å²) in [5, 5.41) is 18.1. The highest BCUT2D eigenvalue weighted by atomic mass is 16.3. The van der Waals surface area contributed by atoms with Gasteiger partial charge in [-0.25, -0.2) is 0 Å². The molecule has 66 valence electrons. The van der Waals surface area contributed by atoms with Crippen molar-refractivity contribution in [1.82, 2.24) is 4.90 Å². The largest absolute Gasteiger partial charge is 0.394 e. The van der Waals surface area contributed by atoms with Crippen molar-refractivity contribution in [2.24, 2.45) is 0 Å². The summed E-state index contributed by atoms with van der Waals surface area (Å²) in [5.74, 6) is 0. The lowest BCUT2D eigenvalue weighted by Crippen LogP contribution is -2.50. The molecule has 11 heavy (non-hydrogen) atoms. The third-order valence-electron chi connectivity index (χ3n) is 2.55. The lowest BCUT2D eigenvalue weighted by Gasteiger charge is -2.35. The molecule has 2 N–H and O–H groups in total. The molecule has 0 amide bonds. The summed E-state index contributed by atoms with van der Waals surface area (Å²) in [5.41, 5.74) is -0.392. The maximum Gasteiger partial charge on any atom is 0.0644 e. The predicted molar refractivity (Wildman–Crippen MR) is 43.4 cm³/mol. The van der Waals surface area contributed by atoms with E-state index in [9.17, 15) is 0 Å². The van der Waals surface area contributed by atoms with E-state index in [0.29, 0.717) is 0 Å². The SMILES string of the molecule is CC(CO)(CO)N1CCCC1. The zero-order valence-corrected chi connectivity index (χ0v) is 7.08. The normalized spacial score (nSPS) is 21.0. The van der Waals surface area contributed by atoms with Crippen LogP contribution in [0.25, 0.3) is 0 Å². The van der Waals surface area contributed by atoms with E-state index in [-0.39, 0.29) is 13.2 Å². The highest BCUT2D eigenvalue weighted by Crippen LogP contribution is 2.19. The molecule has 0 atom stereocenters. The van der Waals surface area contributed by atoms with Gasteiger partial charge < -0.3 is 10.2 Å². The monoisotopic (exact) mass is 159 g/mol. The van der Waals surface area contributed by atoms with Gasteiger partial charge in [-0.05, 0) is 32.9 Å². The van der Waals surface area contributed by atoms with Crippen molar-refractivity contribution in [3.8, 4) is 0 Å². The van der Waals surface area contributed by atoms with Crippen molar-refractivity contribution in [2.75, 3.05) is 26.3 Å². The molecule has 0 aliphatic carbocycles. The fourth-order valence-corrected chi connectivity index (χ4v) is 1.51. The third kappa shape index (κ3) is 1.72. The Morgan fingerprint density at radius 1 is 1.18 bits per heavy atom. The van der Waals surface area contributed by atoms with Gasteiger partial charge in [0.2, 0.25) is 0 Å². The first-order chi connectivity index (χ1) is 5.23. The van der Waals surface area contributed by atoms with Crippen molar-refractivity contribution in [1.29, 1.82) is 0 Å². The molecule has 1 fully saturated rings. The van der Waals surface area contributed by atoms with E-state index >= 15 is 0 Å². The Hall–Kier alpha value is -0.120. The molecule has 0 saturated carbocycles. The van der Waals surface area contributed by atoms with Gasteiger partial charge in [-0.1, -0.05) is 0 Å². The van der Waals surface area contributed by atoms with Crippen molar-refractivity contribution in [2.45, 2.75) is 25.3 Å². The van der Waals surface area contributed by atoms with E-state index in [0.717, 1.165) is 13.1 Å². The minimum absolute atomic E-state index is 0.0451. The molecule has 1 saturated heterocycles. The van der Waals surface area contributed by atoms with Gasteiger partial charge in [0.05, 0.1) is 18.8 Å². The Morgan fingerprint density at radius 2 is 1.64 bits per heavy atom. The Labute approximate surface area is 67.6 Å². The molecular weight excluding hydrogens is 142 g/mol. The molecule has 0 spiro atoms. The highest BCUT2D eigenvalue weighted by molar-refractivity contribution is 4.87. The first-order valence-electron chi connectivity index (χ1n) is 4.20. The molecule has 1 rings (SSSR count). The summed E-state index contributed by atoms with van der Waals surface area (Å²) in [6.45, 7) is 4.01. The predicted octanol–water partition coefficient (Wildman–Crippen LogP) is -0.175. The van der Waals surface area contributed by atoms with Crippen molar-refractivity contribution < 1.29 is 10.2 Å². The van der Waals surface area contributed by atoms with E-state index in [1.165, 1.54) is 12.8 Å². The van der Waals surface area contributed by atoms with Gasteiger partial charge in [-0.15, -0.1) is 0 Å². The van der Waals surface area contributed by atoms with E-state index in [1.807, 2.05) is 6.92 Å². The van der Waals surface area contributed by atoms with E-state index in [1.54, 1.807) is 0 Å². The highest BCUT2D eigenvalue weighted by Gasteiger charge is 2.31. The number of hydrogen-bond donors (Lipinski definition) is 2. The minimum atomic E-state index is -0.392. The van der Waals surface area contributed by atoms with Gasteiger partial charge in [0.1, 0.15) is 0 Å². The molecular formula is C8H17NO2. The van der Waals surface area contributed by atoms with Gasteiger partial charge in [0.25, 0.3) is 0 Å². The number of rotatable bonds is 3. The van der Waals surface area contributed by atoms with Crippen LogP contribution in [0.3, 0.4) is 0 Å². The molecule has 0 aromatic carbocycles. The van der Waals surface area contributed by atoms with Crippen LogP contribution in [0.2, 0.25) is 0 Å². The second-order valence-corrected chi connectivity index (χ2v) is 3.51. The zero-order valence-electron chi connectivity index (χ0n) is 7.08. The Morgan fingerprint density at radius 3 is 2.00 bits per heavy atom. The van der Waals surface area contributed by atoms with Crippen LogP contribution in [-0.2, 0) is 0 Å². The summed E-state index contributed by atoms with van der Waals surface area (Å²) in [6.07, 6.45) is 2.38. The maximum absolute atomic E-state index is 9.04. The Bertz CT molecular complexity index is 117. The van der Waals surface area contributed by atoms with E-state index in [4.69, 9.17) is 10.2 Å². The van der Waals surface area contributed by atoms with Gasteiger partial charge in [-0.3, -0.25) is 4.90 Å². The molecule has 0 aromatic rings. The molecule has 1 aliphatic rings. The van der Waals surface area contributed by atoms with E-state index < -0.39 is 5.54 Å². The van der Waals surface area contributed by atoms with Crippen molar-refractivity contribution in [3.05, 3.63) is 0 Å². The Kier molecular flexibility index (Phi) is 2.87. The van der Waals surface area contributed by atoms with Crippen molar-refractivity contribution >= 4 is 0 Å². The molecule has 0 radical (unpaired) electrons. The summed E-state index contributed by atoms with van der Waals surface area (Å²) in [4.78, 5) is 2.16. The fourth-order valence-electron chi connectivity index (χ4n) is 1.51. The molecule has 1 aliphatic heterocycles. The van der Waals surface area contributed by atoms with Crippen molar-refractivity contribution in [3.63, 3.8) is 0 Å². The third-order valence-corrected chi connectivity index (χ3v) is 2.55. The van der Waals surface area contributed by atoms with Crippen LogP contribution in [0.4, 0.5) is 0 Å². The van der Waals surface area contributed by atoms with Crippen LogP contribution in [-0.4, -0.2) is 47.0 Å². The number of likely N-dealkylation sites (tertiary alicyclic amines) is 1. The summed E-state index contributed by atoms with van der Waals surface area (Å²) < 4.78 is 0. The van der Waals surface area contributed by atoms with Crippen LogP contribution in [0.5, 0.6) is 0 Å². The standard InChI is InChI=1S/C8H17NO2/c1-8(6-10,7-11)9-4-2-3-5-9/h10-11H,2-7H2,1H3. The van der Waals surface area contributed by atoms with E-state index in [2.05, 4.69) is 4.90 Å². The lowest BCUT2D eigenvalue weighted by atomic mass is 10.0. The fraction of sp³-hybridized carbons (Fsp3) is 1.00. The molecule has 3 nitrogen and oxygen atoms in total. The van der Waals surface area contributed by atoms with Gasteiger partial charge >= 0.3 is 0 Å². The molecule has 0 bridgehead atoms. The average molecular weight is 159 g/mol. The maximum atomic E-state index is 9.04. The quantitative estimate of drug-likeness (QED) is 0.600. The molecule has 1 heterocycles. The number of hydrogen-bond acceptors (Lipinski definition) is 3. The van der Waals surface area contributed by atoms with Gasteiger partial charge in [-0.2, -0.15) is 0 Å². The number of aliphatic hydroxyl groups excluding tert-OH is 2. The molecule has 0 aromatic heterocycles. The minimum Gasteiger partial charge on any atom is -0.394 e. The average Bonchev–Trinajstić information content (AvgIpc) is 2.55. The molecule has 3 heteroatoms. The van der Waals surface area contributed by atoms with Crippen LogP contribution in [0, 0.1) is 0 Å². The van der Waals surface area contributed by atoms with Gasteiger partial charge in [0, 0.05) is 0 Å². The second-order valence-electron chi connectivity index (χ2n) is 3.51. The van der Waals surface area contributed by atoms with Gasteiger partial charge in [0.15, 0.2) is 0 Å². The number of aliphatic hydroxyl groups is 2. The topological polar surface area (TPSA) is 43.7 Å². The summed E-state index contributed by atoms with van der Waals surface area (Å²) >= 11 is 0. The molecule has 0 unspecified atom stereocenters. The summed E-state index contributed by atoms with van der Waals surface area (Å²) in [7, 11) is 0. The second kappa shape index (κ2) is 3.52. The van der Waals surface area contributed by atoms with Crippen LogP contribution in [0.15, 0.2) is 0 Å². The first-order valence-corrected chi connectivity index (χ1v) is 4.20. The Balaban J connectivity index is 2.52. The van der Waals surface area contributed by atoms with Crippen LogP contribution in [0.1, 0.15) is 19.8 Å². The van der Waals surface area contributed by atoms with Crippen LogP contribution < -0.4 is 0 Å². The number of nitrogens with zero attached hydrogens (tertiary/aromatic N) is 1. The first kappa shape index (κ1) is 8.97. The summed E-state index contributed by atoms with van der Waals surface area (Å²) in [6, 6.07) is 0.